The first-order valence-corrected chi connectivity index (χ1v) is 26.0. The van der Waals surface area contributed by atoms with Crippen molar-refractivity contribution in [1.29, 1.82) is 0 Å². The summed E-state index contributed by atoms with van der Waals surface area (Å²) in [7, 11) is 0.626. The molecule has 0 saturated heterocycles. The number of nitrogens with one attached hydrogen (secondary N) is 1. The summed E-state index contributed by atoms with van der Waals surface area (Å²) in [5.74, 6) is 2.85. The van der Waals surface area contributed by atoms with Crippen molar-refractivity contribution < 1.29 is 13.9 Å². The molecule has 0 atom stereocenters. The normalized spacial score (nSPS) is 15.9. The van der Waals surface area contributed by atoms with Gasteiger partial charge in [-0.15, -0.1) is 0 Å². The second-order valence-electron chi connectivity index (χ2n) is 22.9. The van der Waals surface area contributed by atoms with Crippen molar-refractivity contribution in [3.63, 3.8) is 0 Å². The highest BCUT2D eigenvalue weighted by atomic mass is 16.6. The highest BCUT2D eigenvalue weighted by molar-refractivity contribution is 6.74. The van der Waals surface area contributed by atoms with E-state index in [1.807, 2.05) is 24.3 Å². The molecule has 2 aliphatic carbocycles. The molecule has 1 aromatic heterocycles. The van der Waals surface area contributed by atoms with Gasteiger partial charge in [-0.25, -0.2) is 0 Å². The molecule has 1 N–H and O–H groups in total. The Bertz CT molecular complexity index is 3990. The third-order valence-electron chi connectivity index (χ3n) is 16.9. The van der Waals surface area contributed by atoms with E-state index in [1.165, 1.54) is 55.7 Å². The van der Waals surface area contributed by atoms with Gasteiger partial charge >= 0.3 is 0 Å². The number of aryl methyl sites for hydroxylation is 2. The molecule has 2 aliphatic heterocycles. The van der Waals surface area contributed by atoms with Crippen LogP contribution in [0.5, 0.6) is 23.0 Å². The third kappa shape index (κ3) is 6.55. The van der Waals surface area contributed by atoms with Crippen LogP contribution in [0.25, 0.3) is 55.3 Å². The van der Waals surface area contributed by atoms with Gasteiger partial charge in [0.1, 0.15) is 11.2 Å². The zero-order valence-electron chi connectivity index (χ0n) is 42.9. The predicted molar refractivity (Wildman–Crippen MR) is 304 cm³/mol. The molecular weight excluding hydrogens is 892 g/mol. The molecule has 9 aromatic carbocycles. The molecule has 10 aromatic rings. The number of fused-ring (bicyclic) bond motifs is 11. The van der Waals surface area contributed by atoms with Gasteiger partial charge in [0.2, 0.25) is 0 Å². The molecule has 6 heteroatoms. The standard InChI is InChI=1S/C67H57BN2O3/c1-38-26-28-50(44(32-38)40-18-10-9-11-19-40)69-51-29-27-43-41-20-12-14-22-46(41)67(7,8)62(43)60(51)61-63-54(34-45-42-21-13-15-23-55(42)73-64(45)61)70(52-35-48-47(33-39(52)2)65(3,4)30-31-66(48,5)6)53-37-59-58(36-49(53)68-63)71-56-24-16-17-25-57(56)72-59/h9-29,32-37,68-69H,30-31H2,1-8H3. The van der Waals surface area contributed by atoms with Gasteiger partial charge < -0.3 is 24.1 Å². The number of anilines is 5. The molecule has 356 valence electrons. The third-order valence-corrected chi connectivity index (χ3v) is 16.9. The molecule has 0 amide bonds. The molecule has 0 fully saturated rings. The van der Waals surface area contributed by atoms with Crippen molar-refractivity contribution in [2.75, 3.05) is 10.2 Å². The molecule has 4 aliphatic rings. The van der Waals surface area contributed by atoms with Crippen LogP contribution in [0.3, 0.4) is 0 Å². The molecule has 3 heterocycles. The average Bonchev–Trinajstić information content (AvgIpc) is 3.87. The smallest absolute Gasteiger partial charge is 0.198 e. The molecule has 14 rings (SSSR count). The minimum Gasteiger partial charge on any atom is -0.455 e. The van der Waals surface area contributed by atoms with Gasteiger partial charge in [-0.1, -0.05) is 156 Å². The molecular formula is C67H57BN2O3. The van der Waals surface area contributed by atoms with Crippen molar-refractivity contribution in [3.8, 4) is 56.4 Å². The number of nitrogens with zero attached hydrogens (tertiary/aromatic N) is 1. The molecule has 0 bridgehead atoms. The van der Waals surface area contributed by atoms with Crippen LogP contribution in [-0.2, 0) is 16.2 Å². The fraction of sp³-hybridized carbons (Fsp3) is 0.194. The van der Waals surface area contributed by atoms with E-state index in [-0.39, 0.29) is 16.2 Å². The van der Waals surface area contributed by atoms with Crippen LogP contribution >= 0.6 is 0 Å². The maximum Gasteiger partial charge on any atom is 0.198 e. The fourth-order valence-electron chi connectivity index (χ4n) is 13.0. The van der Waals surface area contributed by atoms with Gasteiger partial charge in [0.25, 0.3) is 0 Å². The van der Waals surface area contributed by atoms with Gasteiger partial charge in [0, 0.05) is 67.4 Å². The number of hydrogen-bond donors (Lipinski definition) is 1. The zero-order valence-corrected chi connectivity index (χ0v) is 42.9. The monoisotopic (exact) mass is 948 g/mol. The molecule has 5 nitrogen and oxygen atoms in total. The van der Waals surface area contributed by atoms with E-state index in [2.05, 4.69) is 205 Å². The lowest BCUT2D eigenvalue weighted by molar-refractivity contribution is 0.332. The van der Waals surface area contributed by atoms with Crippen LogP contribution in [-0.4, -0.2) is 7.28 Å². The Hall–Kier alpha value is -7.96. The minimum absolute atomic E-state index is 0.0124. The largest absolute Gasteiger partial charge is 0.455 e. The Morgan fingerprint density at radius 2 is 1.18 bits per heavy atom. The lowest BCUT2D eigenvalue weighted by Gasteiger charge is -2.44. The molecule has 0 spiro atoms. The quantitative estimate of drug-likeness (QED) is 0.174. The summed E-state index contributed by atoms with van der Waals surface area (Å²) in [6.45, 7) is 19.0. The first-order valence-electron chi connectivity index (χ1n) is 26.0. The Balaban J connectivity index is 1.11. The summed E-state index contributed by atoms with van der Waals surface area (Å²) in [6.07, 6.45) is 2.26. The van der Waals surface area contributed by atoms with Gasteiger partial charge in [-0.3, -0.25) is 0 Å². The lowest BCUT2D eigenvalue weighted by Crippen LogP contribution is -2.42. The summed E-state index contributed by atoms with van der Waals surface area (Å²) < 4.78 is 20.8. The van der Waals surface area contributed by atoms with Crippen molar-refractivity contribution >= 4 is 68.6 Å². The Morgan fingerprint density at radius 3 is 1.96 bits per heavy atom. The number of furan rings is 1. The summed E-state index contributed by atoms with van der Waals surface area (Å²) in [6, 6.07) is 59.6. The van der Waals surface area contributed by atoms with Gasteiger partial charge in [0.15, 0.2) is 30.3 Å². The Morgan fingerprint density at radius 1 is 0.507 bits per heavy atom. The van der Waals surface area contributed by atoms with E-state index < -0.39 is 0 Å². The van der Waals surface area contributed by atoms with Crippen LogP contribution in [0, 0.1) is 13.8 Å². The number of para-hydroxylation sites is 3. The molecule has 73 heavy (non-hydrogen) atoms. The second kappa shape index (κ2) is 15.5. The van der Waals surface area contributed by atoms with Gasteiger partial charge in [-0.05, 0) is 142 Å². The number of rotatable bonds is 5. The second-order valence-corrected chi connectivity index (χ2v) is 22.9. The summed E-state index contributed by atoms with van der Waals surface area (Å²) in [5.41, 5.74) is 24.2. The maximum atomic E-state index is 7.34. The zero-order chi connectivity index (χ0) is 49.7. The predicted octanol–water partition coefficient (Wildman–Crippen LogP) is 17.0. The minimum atomic E-state index is -0.368. The Labute approximate surface area is 428 Å². The fourth-order valence-corrected chi connectivity index (χ4v) is 13.0. The van der Waals surface area contributed by atoms with E-state index in [0.29, 0.717) is 30.3 Å². The first-order chi connectivity index (χ1) is 35.2. The van der Waals surface area contributed by atoms with Crippen LogP contribution in [0.15, 0.2) is 168 Å². The molecule has 0 radical (unpaired) electrons. The number of ether oxygens (including phenoxy) is 2. The number of hydrogen-bond acceptors (Lipinski definition) is 5. The van der Waals surface area contributed by atoms with Crippen LogP contribution in [0.2, 0.25) is 0 Å². The number of benzene rings is 9. The van der Waals surface area contributed by atoms with Crippen molar-refractivity contribution in [1.82, 2.24) is 0 Å². The van der Waals surface area contributed by atoms with Gasteiger partial charge in [-0.2, -0.15) is 0 Å². The molecule has 0 saturated carbocycles. The van der Waals surface area contributed by atoms with Crippen molar-refractivity contribution in [2.24, 2.45) is 0 Å². The van der Waals surface area contributed by atoms with E-state index in [0.717, 1.165) is 85.2 Å². The van der Waals surface area contributed by atoms with E-state index >= 15 is 0 Å². The van der Waals surface area contributed by atoms with Crippen LogP contribution in [0.1, 0.15) is 87.8 Å². The maximum absolute atomic E-state index is 7.34. The van der Waals surface area contributed by atoms with Crippen molar-refractivity contribution in [3.05, 3.63) is 197 Å². The van der Waals surface area contributed by atoms with E-state index in [4.69, 9.17) is 13.9 Å². The average molecular weight is 949 g/mol. The van der Waals surface area contributed by atoms with Crippen LogP contribution < -0.4 is 30.6 Å². The van der Waals surface area contributed by atoms with Crippen LogP contribution in [0.4, 0.5) is 28.4 Å². The SMILES string of the molecule is Cc1ccc(Nc2ccc3c(c2-c2c4c(cc5c2oc2ccccc25)N(c2cc5c(cc2C)C(C)(C)CCC5(C)C)c2cc5c(cc2B4)Oc2ccccc2O5)C(C)(C)c2ccccc2-3)c(-c2ccccc2)c1. The summed E-state index contributed by atoms with van der Waals surface area (Å²) in [4.78, 5) is 2.56. The highest BCUT2D eigenvalue weighted by Gasteiger charge is 2.43. The summed E-state index contributed by atoms with van der Waals surface area (Å²) in [5, 5.41) is 6.32. The lowest BCUT2D eigenvalue weighted by atomic mass is 9.57. The van der Waals surface area contributed by atoms with Gasteiger partial charge in [0.05, 0.1) is 0 Å². The Kier molecular flexibility index (Phi) is 9.32. The van der Waals surface area contributed by atoms with E-state index in [9.17, 15) is 0 Å². The highest BCUT2D eigenvalue weighted by Crippen LogP contribution is 2.58. The summed E-state index contributed by atoms with van der Waals surface area (Å²) >= 11 is 0. The molecule has 0 unspecified atom stereocenters. The van der Waals surface area contributed by atoms with Crippen molar-refractivity contribution in [2.45, 2.75) is 84.5 Å². The first kappa shape index (κ1) is 43.8. The van der Waals surface area contributed by atoms with E-state index in [1.54, 1.807) is 0 Å². The topological polar surface area (TPSA) is 46.9 Å².